The van der Waals surface area contributed by atoms with Gasteiger partial charge in [-0.05, 0) is 31.5 Å². The number of rotatable bonds is 2. The van der Waals surface area contributed by atoms with Crippen LogP contribution in [0.15, 0.2) is 17.1 Å². The van der Waals surface area contributed by atoms with Gasteiger partial charge in [0.05, 0.1) is 12.1 Å². The molecule has 0 spiro atoms. The van der Waals surface area contributed by atoms with Gasteiger partial charge in [-0.1, -0.05) is 0 Å². The highest BCUT2D eigenvalue weighted by atomic mass is 32.1. The third kappa shape index (κ3) is 2.03. The first-order valence-corrected chi connectivity index (χ1v) is 5.47. The van der Waals surface area contributed by atoms with Crippen molar-refractivity contribution < 1.29 is 4.74 Å². The van der Waals surface area contributed by atoms with Crippen molar-refractivity contribution in [3.8, 4) is 0 Å². The van der Waals surface area contributed by atoms with Gasteiger partial charge in [-0.15, -0.1) is 0 Å². The summed E-state index contributed by atoms with van der Waals surface area (Å²) in [5.74, 6) is 0. The average Bonchev–Trinajstić information content (AvgIpc) is 2.65. The van der Waals surface area contributed by atoms with Crippen LogP contribution in [0.5, 0.6) is 0 Å². The van der Waals surface area contributed by atoms with E-state index in [-0.39, 0.29) is 17.7 Å². The highest BCUT2D eigenvalue weighted by Crippen LogP contribution is 2.31. The van der Waals surface area contributed by atoms with Crippen molar-refractivity contribution in [2.24, 2.45) is 0 Å². The minimum absolute atomic E-state index is 0.150. The molecule has 1 heterocycles. The molecule has 2 unspecified atom stereocenters. The molecule has 0 amide bonds. The number of hydrogen-bond acceptors (Lipinski definition) is 3. The molecule has 0 saturated heterocycles. The van der Waals surface area contributed by atoms with Gasteiger partial charge in [-0.3, -0.25) is 9.78 Å². The van der Waals surface area contributed by atoms with Gasteiger partial charge in [0.25, 0.3) is 5.56 Å². The van der Waals surface area contributed by atoms with Crippen LogP contribution in [-0.4, -0.2) is 22.8 Å². The molecule has 2 rings (SSSR count). The number of aromatic nitrogens is 2. The van der Waals surface area contributed by atoms with Crippen LogP contribution >= 0.6 is 12.2 Å². The largest absolute Gasteiger partial charge is 0.379 e. The molecular formula is C10H14N2O2S. The number of hydrogen-bond donors (Lipinski definition) is 1. The SMILES string of the molecule is COC1CCCC1n1ccc(=O)[nH]c1=S. The van der Waals surface area contributed by atoms with E-state index in [1.54, 1.807) is 13.3 Å². The molecule has 2 atom stereocenters. The van der Waals surface area contributed by atoms with Crippen molar-refractivity contribution in [2.75, 3.05) is 7.11 Å². The summed E-state index contributed by atoms with van der Waals surface area (Å²) in [6.07, 6.45) is 5.22. The standard InChI is InChI=1S/C10H14N2O2S/c1-14-8-4-2-3-7(8)12-6-5-9(13)11-10(12)15/h5-8H,2-4H2,1H3,(H,11,13,15). The molecule has 1 saturated carbocycles. The predicted molar refractivity (Wildman–Crippen MR) is 59.6 cm³/mol. The van der Waals surface area contributed by atoms with Crippen LogP contribution in [0.1, 0.15) is 25.3 Å². The van der Waals surface area contributed by atoms with Gasteiger partial charge in [0.15, 0.2) is 4.77 Å². The Bertz CT molecular complexity index is 451. The second-order valence-electron chi connectivity index (χ2n) is 3.79. The van der Waals surface area contributed by atoms with Crippen molar-refractivity contribution in [1.82, 2.24) is 9.55 Å². The fourth-order valence-corrected chi connectivity index (χ4v) is 2.48. The van der Waals surface area contributed by atoms with E-state index in [9.17, 15) is 4.79 Å². The van der Waals surface area contributed by atoms with Gasteiger partial charge >= 0.3 is 0 Å². The molecule has 15 heavy (non-hydrogen) atoms. The Morgan fingerprint density at radius 2 is 2.40 bits per heavy atom. The Labute approximate surface area is 92.9 Å². The Kier molecular flexibility index (Phi) is 3.02. The van der Waals surface area contributed by atoms with Crippen LogP contribution in [0, 0.1) is 4.77 Å². The molecule has 1 fully saturated rings. The second kappa shape index (κ2) is 4.28. The van der Waals surface area contributed by atoms with Gasteiger partial charge < -0.3 is 9.30 Å². The molecule has 5 heteroatoms. The van der Waals surface area contributed by atoms with Gasteiger partial charge in [-0.2, -0.15) is 0 Å². The van der Waals surface area contributed by atoms with Crippen molar-refractivity contribution in [2.45, 2.75) is 31.4 Å². The van der Waals surface area contributed by atoms with E-state index >= 15 is 0 Å². The maximum Gasteiger partial charge on any atom is 0.251 e. The van der Waals surface area contributed by atoms with Crippen LogP contribution in [0.4, 0.5) is 0 Å². The number of ether oxygens (including phenoxy) is 1. The van der Waals surface area contributed by atoms with Crippen molar-refractivity contribution in [3.63, 3.8) is 0 Å². The van der Waals surface area contributed by atoms with E-state index in [0.717, 1.165) is 19.3 Å². The Morgan fingerprint density at radius 1 is 1.60 bits per heavy atom. The Balaban J connectivity index is 2.37. The van der Waals surface area contributed by atoms with Gasteiger partial charge in [0.1, 0.15) is 0 Å². The van der Waals surface area contributed by atoms with Crippen molar-refractivity contribution in [3.05, 3.63) is 27.4 Å². The fraction of sp³-hybridized carbons (Fsp3) is 0.600. The molecule has 0 aliphatic heterocycles. The quantitative estimate of drug-likeness (QED) is 0.780. The molecule has 0 bridgehead atoms. The number of aromatic amines is 1. The first-order chi connectivity index (χ1) is 7.22. The Hall–Kier alpha value is -0.940. The van der Waals surface area contributed by atoms with Crippen molar-refractivity contribution in [1.29, 1.82) is 0 Å². The maximum absolute atomic E-state index is 11.0. The minimum atomic E-state index is -0.150. The van der Waals surface area contributed by atoms with E-state index in [1.165, 1.54) is 6.07 Å². The third-order valence-electron chi connectivity index (χ3n) is 2.93. The predicted octanol–water partition coefficient (Wildman–Crippen LogP) is 1.65. The summed E-state index contributed by atoms with van der Waals surface area (Å²) in [6, 6.07) is 1.76. The summed E-state index contributed by atoms with van der Waals surface area (Å²) in [5.41, 5.74) is -0.150. The second-order valence-corrected chi connectivity index (χ2v) is 4.18. The summed E-state index contributed by atoms with van der Waals surface area (Å²) < 4.78 is 7.82. The van der Waals surface area contributed by atoms with Crippen LogP contribution in [-0.2, 0) is 4.74 Å². The monoisotopic (exact) mass is 226 g/mol. The van der Waals surface area contributed by atoms with Gasteiger partial charge in [0, 0.05) is 19.4 Å². The lowest BCUT2D eigenvalue weighted by molar-refractivity contribution is 0.0739. The molecule has 82 valence electrons. The first-order valence-electron chi connectivity index (χ1n) is 5.06. The summed E-state index contributed by atoms with van der Waals surface area (Å²) in [6.45, 7) is 0. The highest BCUT2D eigenvalue weighted by molar-refractivity contribution is 7.71. The molecule has 1 aliphatic rings. The van der Waals surface area contributed by atoms with E-state index < -0.39 is 0 Å². The highest BCUT2D eigenvalue weighted by Gasteiger charge is 2.28. The summed E-state index contributed by atoms with van der Waals surface area (Å²) in [7, 11) is 1.72. The molecule has 0 radical (unpaired) electrons. The Morgan fingerprint density at radius 3 is 3.07 bits per heavy atom. The topological polar surface area (TPSA) is 47.0 Å². The number of H-pyrrole nitrogens is 1. The lowest BCUT2D eigenvalue weighted by Gasteiger charge is -2.20. The number of nitrogens with one attached hydrogen (secondary N) is 1. The van der Waals surface area contributed by atoms with E-state index in [0.29, 0.717) is 4.77 Å². The normalized spacial score (nSPS) is 25.7. The fourth-order valence-electron chi connectivity index (χ4n) is 2.19. The lowest BCUT2D eigenvalue weighted by Crippen LogP contribution is -2.23. The third-order valence-corrected chi connectivity index (χ3v) is 3.24. The van der Waals surface area contributed by atoms with E-state index in [2.05, 4.69) is 4.98 Å². The zero-order chi connectivity index (χ0) is 10.8. The number of methoxy groups -OCH3 is 1. The zero-order valence-corrected chi connectivity index (χ0v) is 9.42. The van der Waals surface area contributed by atoms with Gasteiger partial charge in [-0.25, -0.2) is 0 Å². The van der Waals surface area contributed by atoms with E-state index in [1.807, 2.05) is 4.57 Å². The summed E-state index contributed by atoms with van der Waals surface area (Å²) in [4.78, 5) is 13.7. The molecule has 1 aromatic rings. The smallest absolute Gasteiger partial charge is 0.251 e. The van der Waals surface area contributed by atoms with E-state index in [4.69, 9.17) is 17.0 Å². The van der Waals surface area contributed by atoms with Crippen LogP contribution in [0.2, 0.25) is 0 Å². The maximum atomic E-state index is 11.0. The minimum Gasteiger partial charge on any atom is -0.379 e. The zero-order valence-electron chi connectivity index (χ0n) is 8.60. The summed E-state index contributed by atoms with van der Waals surface area (Å²) >= 11 is 5.13. The molecule has 1 aromatic heterocycles. The van der Waals surface area contributed by atoms with Crippen LogP contribution in [0.25, 0.3) is 0 Å². The molecule has 4 nitrogen and oxygen atoms in total. The molecule has 1 aliphatic carbocycles. The molecule has 1 N–H and O–H groups in total. The van der Waals surface area contributed by atoms with Crippen LogP contribution < -0.4 is 5.56 Å². The molecule has 0 aromatic carbocycles. The lowest BCUT2D eigenvalue weighted by atomic mass is 10.2. The van der Waals surface area contributed by atoms with Gasteiger partial charge in [0.2, 0.25) is 0 Å². The van der Waals surface area contributed by atoms with Crippen molar-refractivity contribution >= 4 is 12.2 Å². The van der Waals surface area contributed by atoms with Crippen LogP contribution in [0.3, 0.4) is 0 Å². The molecular weight excluding hydrogens is 212 g/mol. The number of nitrogens with zero attached hydrogens (tertiary/aromatic N) is 1. The summed E-state index contributed by atoms with van der Waals surface area (Å²) in [5, 5.41) is 0. The first kappa shape index (κ1) is 10.6. The average molecular weight is 226 g/mol.